The molecule has 0 spiro atoms. The van der Waals surface area contributed by atoms with Crippen molar-refractivity contribution < 1.29 is 24.9 Å². The van der Waals surface area contributed by atoms with E-state index in [4.69, 9.17) is 20.1 Å². The fourth-order valence-electron chi connectivity index (χ4n) is 1.00. The molecule has 1 rings (SSSR count). The van der Waals surface area contributed by atoms with Crippen molar-refractivity contribution in [2.24, 2.45) is 0 Å². The average molecular weight is 162 g/mol. The molecule has 0 radical (unpaired) electrons. The minimum atomic E-state index is -1.36. The molecule has 3 N–H and O–H groups in total. The molecule has 1 saturated heterocycles. The maximum Gasteiger partial charge on any atom is 0.151 e. The summed E-state index contributed by atoms with van der Waals surface area (Å²) in [5.74, 6) is 0. The molecule has 0 saturated carbocycles. The number of aliphatic hydroxyl groups is 3. The molecule has 1 aliphatic rings. The third kappa shape index (κ3) is 1.57. The maximum absolute atomic E-state index is 10.0. The summed E-state index contributed by atoms with van der Waals surface area (Å²) in [7, 11) is 0. The molecular weight excluding hydrogens is 152 g/mol. The molecule has 5 nitrogen and oxygen atoms in total. The smallest absolute Gasteiger partial charge is 0.151 e. The van der Waals surface area contributed by atoms with Crippen LogP contribution in [0, 0.1) is 0 Å². The summed E-state index contributed by atoms with van der Waals surface area (Å²) in [6.07, 6.45) is -4.25. The number of hydrogen-bond donors (Lipinski definition) is 3. The summed E-state index contributed by atoms with van der Waals surface area (Å²) in [6, 6.07) is 0. The van der Waals surface area contributed by atoms with Crippen LogP contribution in [-0.4, -0.2) is 52.6 Å². The summed E-state index contributed by atoms with van der Waals surface area (Å²) in [5.41, 5.74) is 0. The van der Waals surface area contributed by atoms with Crippen LogP contribution in [0.1, 0.15) is 0 Å². The second-order valence-electron chi connectivity index (χ2n) is 2.48. The average Bonchev–Trinajstić information content (AvgIpc) is 2.32. The molecule has 1 unspecified atom stereocenters. The third-order valence-electron chi connectivity index (χ3n) is 1.67. The number of rotatable bonds is 2. The van der Waals surface area contributed by atoms with E-state index in [0.717, 1.165) is 0 Å². The van der Waals surface area contributed by atoms with Crippen LogP contribution < -0.4 is 0 Å². The Labute approximate surface area is 63.2 Å². The quantitative estimate of drug-likeness (QED) is 0.396. The first-order chi connectivity index (χ1) is 5.16. The zero-order valence-corrected chi connectivity index (χ0v) is 5.75. The highest BCUT2D eigenvalue weighted by Crippen LogP contribution is 2.16. The van der Waals surface area contributed by atoms with Gasteiger partial charge in [-0.25, -0.2) is 0 Å². The molecule has 0 aromatic rings. The van der Waals surface area contributed by atoms with Gasteiger partial charge in [-0.1, -0.05) is 0 Å². The van der Waals surface area contributed by atoms with E-state index in [2.05, 4.69) is 0 Å². The highest BCUT2D eigenvalue weighted by Gasteiger charge is 2.38. The van der Waals surface area contributed by atoms with Crippen molar-refractivity contribution in [3.63, 3.8) is 0 Å². The first-order valence-electron chi connectivity index (χ1n) is 3.28. The van der Waals surface area contributed by atoms with Crippen LogP contribution >= 0.6 is 0 Å². The van der Waals surface area contributed by atoms with Gasteiger partial charge in [-0.05, 0) is 0 Å². The molecule has 0 aliphatic carbocycles. The second kappa shape index (κ2) is 3.27. The molecule has 4 atom stereocenters. The van der Waals surface area contributed by atoms with Gasteiger partial charge in [-0.2, -0.15) is 0 Å². The normalized spacial score (nSPS) is 40.5. The van der Waals surface area contributed by atoms with Gasteiger partial charge in [0.15, 0.2) is 6.29 Å². The van der Waals surface area contributed by atoms with Gasteiger partial charge in [0, 0.05) is 0 Å². The Kier molecular flexibility index (Phi) is 2.56. The molecule has 1 fully saturated rings. The van der Waals surface area contributed by atoms with E-state index in [-0.39, 0.29) is 12.9 Å². The topological polar surface area (TPSA) is 87.0 Å². The van der Waals surface area contributed by atoms with Gasteiger partial charge in [0.1, 0.15) is 24.4 Å². The van der Waals surface area contributed by atoms with Gasteiger partial charge in [0.05, 0.1) is 6.61 Å². The van der Waals surface area contributed by atoms with E-state index in [0.29, 0.717) is 0 Å². The van der Waals surface area contributed by atoms with Crippen LogP contribution in [0.5, 0.6) is 0 Å². The summed E-state index contributed by atoms with van der Waals surface area (Å²) >= 11 is 0. The van der Waals surface area contributed by atoms with Crippen LogP contribution in [-0.2, 0) is 9.53 Å². The van der Waals surface area contributed by atoms with Crippen molar-refractivity contribution in [1.82, 2.24) is 0 Å². The second-order valence-corrected chi connectivity index (χ2v) is 2.48. The fraction of sp³-hybridized carbons (Fsp3) is 0.833. The van der Waals surface area contributed by atoms with Crippen LogP contribution in [0.3, 0.4) is 0 Å². The van der Waals surface area contributed by atoms with Crippen molar-refractivity contribution in [2.45, 2.75) is 24.4 Å². The molecular formula is C6H10O5. The van der Waals surface area contributed by atoms with Crippen molar-refractivity contribution >= 4 is 6.29 Å². The van der Waals surface area contributed by atoms with Crippen LogP contribution in [0.2, 0.25) is 0 Å². The molecule has 0 amide bonds. The summed E-state index contributed by atoms with van der Waals surface area (Å²) < 4.78 is 4.75. The minimum absolute atomic E-state index is 0.0449. The van der Waals surface area contributed by atoms with E-state index >= 15 is 0 Å². The third-order valence-corrected chi connectivity index (χ3v) is 1.67. The van der Waals surface area contributed by atoms with Crippen molar-refractivity contribution in [2.75, 3.05) is 6.61 Å². The monoisotopic (exact) mass is 162 g/mol. The number of ether oxygens (including phenoxy) is 1. The zero-order chi connectivity index (χ0) is 8.43. The zero-order valence-electron chi connectivity index (χ0n) is 5.75. The first kappa shape index (κ1) is 8.61. The predicted octanol–water partition coefficient (Wildman–Crippen LogP) is -2.33. The van der Waals surface area contributed by atoms with E-state index < -0.39 is 24.4 Å². The molecule has 1 aliphatic heterocycles. The number of hydrogen-bond acceptors (Lipinski definition) is 5. The van der Waals surface area contributed by atoms with Crippen molar-refractivity contribution in [1.29, 1.82) is 0 Å². The molecule has 0 aromatic heterocycles. The number of aldehydes is 1. The van der Waals surface area contributed by atoms with Crippen molar-refractivity contribution in [3.8, 4) is 0 Å². The van der Waals surface area contributed by atoms with Gasteiger partial charge >= 0.3 is 0 Å². The highest BCUT2D eigenvalue weighted by molar-refractivity contribution is 5.57. The number of carbonyl (C=O) groups is 1. The minimum Gasteiger partial charge on any atom is -0.388 e. The van der Waals surface area contributed by atoms with Gasteiger partial charge in [-0.15, -0.1) is 0 Å². The molecule has 0 aromatic carbocycles. The standard InChI is InChI=1S/C6H10O5/c7-1-3(8)6-5(10)4(9)2-11-6/h1,3-6,8-10H,2H2/t3-,4+,5?,6+/m0/s1. The maximum atomic E-state index is 10.0. The van der Waals surface area contributed by atoms with E-state index in [1.54, 1.807) is 0 Å². The Morgan fingerprint density at radius 1 is 1.55 bits per heavy atom. The Hall–Kier alpha value is -0.490. The van der Waals surface area contributed by atoms with Crippen LogP contribution in [0.25, 0.3) is 0 Å². The van der Waals surface area contributed by atoms with E-state index in [9.17, 15) is 4.79 Å². The lowest BCUT2D eigenvalue weighted by Gasteiger charge is -2.15. The van der Waals surface area contributed by atoms with Crippen LogP contribution in [0.15, 0.2) is 0 Å². The Balaban J connectivity index is 2.54. The van der Waals surface area contributed by atoms with E-state index in [1.807, 2.05) is 0 Å². The molecule has 1 heterocycles. The molecule has 5 heteroatoms. The highest BCUT2D eigenvalue weighted by atomic mass is 16.5. The molecule has 64 valence electrons. The van der Waals surface area contributed by atoms with Gasteiger partial charge in [0.25, 0.3) is 0 Å². The van der Waals surface area contributed by atoms with E-state index in [1.165, 1.54) is 0 Å². The van der Waals surface area contributed by atoms with Gasteiger partial charge in [0.2, 0.25) is 0 Å². The van der Waals surface area contributed by atoms with Crippen molar-refractivity contribution in [3.05, 3.63) is 0 Å². The lowest BCUT2D eigenvalue weighted by Crippen LogP contribution is -2.39. The summed E-state index contributed by atoms with van der Waals surface area (Å²) in [6.45, 7) is -0.0449. The Bertz CT molecular complexity index is 148. The van der Waals surface area contributed by atoms with Crippen LogP contribution in [0.4, 0.5) is 0 Å². The Morgan fingerprint density at radius 3 is 2.55 bits per heavy atom. The SMILES string of the molecule is O=C[C@H](O)[C@H]1OC[C@@H](O)C1O. The number of aliphatic hydroxyl groups excluding tert-OH is 3. The largest absolute Gasteiger partial charge is 0.388 e. The number of carbonyl (C=O) groups excluding carboxylic acids is 1. The summed E-state index contributed by atoms with van der Waals surface area (Å²) in [4.78, 5) is 10.0. The van der Waals surface area contributed by atoms with Gasteiger partial charge in [-0.3, -0.25) is 0 Å². The molecule has 0 bridgehead atoms. The lowest BCUT2D eigenvalue weighted by atomic mass is 10.1. The Morgan fingerprint density at radius 2 is 2.18 bits per heavy atom. The first-order valence-corrected chi connectivity index (χ1v) is 3.28. The summed E-state index contributed by atoms with van der Waals surface area (Å²) in [5, 5.41) is 26.9. The lowest BCUT2D eigenvalue weighted by molar-refractivity contribution is -0.124. The fourth-order valence-corrected chi connectivity index (χ4v) is 1.00. The van der Waals surface area contributed by atoms with Gasteiger partial charge < -0.3 is 24.9 Å². The molecule has 11 heavy (non-hydrogen) atoms. The predicted molar refractivity (Wildman–Crippen MR) is 33.8 cm³/mol.